The number of para-hydroxylation sites is 1. The molecule has 0 N–H and O–H groups in total. The van der Waals surface area contributed by atoms with Crippen LogP contribution in [0.2, 0.25) is 0 Å². The van der Waals surface area contributed by atoms with E-state index in [0.717, 1.165) is 45.3 Å². The first kappa shape index (κ1) is 31.5. The lowest BCUT2D eigenvalue weighted by atomic mass is 9.82. The summed E-state index contributed by atoms with van der Waals surface area (Å²) in [7, 11) is 0. The van der Waals surface area contributed by atoms with E-state index in [1.54, 1.807) is 11.1 Å². The minimum Gasteiger partial charge on any atom is -0.368 e. The Balaban J connectivity index is 1.27. The first-order chi connectivity index (χ1) is 21.4. The monoisotopic (exact) mass is 583 g/mol. The fourth-order valence-corrected chi connectivity index (χ4v) is 7.25. The number of nitrogens with zero attached hydrogens (tertiary/aromatic N) is 2. The Hall–Kier alpha value is -3.91. The van der Waals surface area contributed by atoms with E-state index < -0.39 is 0 Å². The third kappa shape index (κ3) is 6.91. The Morgan fingerprint density at radius 2 is 1.77 bits per heavy atom. The molecule has 0 amide bonds. The average molecular weight is 584 g/mol. The topological polar surface area (TPSA) is 7.12 Å². The summed E-state index contributed by atoms with van der Waals surface area (Å²) >= 11 is 0. The number of aryl methyl sites for hydroxylation is 1. The van der Waals surface area contributed by atoms with Crippen LogP contribution in [-0.4, -0.2) is 13.1 Å². The highest BCUT2D eigenvalue weighted by molar-refractivity contribution is 5.84. The van der Waals surface area contributed by atoms with Gasteiger partial charge in [-0.25, -0.2) is 4.57 Å². The second kappa shape index (κ2) is 14.7. The molecule has 3 heterocycles. The van der Waals surface area contributed by atoms with Crippen LogP contribution in [0.15, 0.2) is 131 Å². The van der Waals surface area contributed by atoms with Crippen molar-refractivity contribution in [2.45, 2.75) is 85.6 Å². The molecule has 2 heteroatoms. The molecule has 228 valence electrons. The Morgan fingerprint density at radius 3 is 2.59 bits per heavy atom. The van der Waals surface area contributed by atoms with Gasteiger partial charge in [-0.1, -0.05) is 98.4 Å². The van der Waals surface area contributed by atoms with Gasteiger partial charge in [-0.05, 0) is 92.3 Å². The first-order valence-electron chi connectivity index (χ1n) is 16.8. The summed E-state index contributed by atoms with van der Waals surface area (Å²) in [5.41, 5.74) is 11.7. The SMILES string of the molecule is CC/C(CC/C=C/C=C/C1=C/C(C)c2ccccc2N(CC)CC=C1)=C(C)/C(C)=C1/CC[n+]2ccc3ccccc3c2C1C. The van der Waals surface area contributed by atoms with Gasteiger partial charge < -0.3 is 4.90 Å². The van der Waals surface area contributed by atoms with Crippen LogP contribution in [0.3, 0.4) is 0 Å². The lowest BCUT2D eigenvalue weighted by Gasteiger charge is -2.25. The van der Waals surface area contributed by atoms with Gasteiger partial charge in [0.05, 0.1) is 5.92 Å². The molecule has 0 bridgehead atoms. The van der Waals surface area contributed by atoms with Gasteiger partial charge in [-0.15, -0.1) is 0 Å². The third-order valence-corrected chi connectivity index (χ3v) is 9.91. The number of fused-ring (bicyclic) bond motifs is 4. The summed E-state index contributed by atoms with van der Waals surface area (Å²) in [6.45, 7) is 17.0. The van der Waals surface area contributed by atoms with Crippen molar-refractivity contribution in [3.05, 3.63) is 142 Å². The van der Waals surface area contributed by atoms with Crippen LogP contribution >= 0.6 is 0 Å². The molecule has 0 saturated carbocycles. The molecule has 0 fully saturated rings. The summed E-state index contributed by atoms with van der Waals surface area (Å²) in [5.74, 6) is 0.789. The molecule has 44 heavy (non-hydrogen) atoms. The van der Waals surface area contributed by atoms with Crippen LogP contribution in [0, 0.1) is 0 Å². The van der Waals surface area contributed by atoms with Crippen LogP contribution in [0.4, 0.5) is 5.69 Å². The van der Waals surface area contributed by atoms with Gasteiger partial charge in [0.2, 0.25) is 0 Å². The lowest BCUT2D eigenvalue weighted by molar-refractivity contribution is -0.706. The van der Waals surface area contributed by atoms with E-state index in [9.17, 15) is 0 Å². The van der Waals surface area contributed by atoms with E-state index in [0.29, 0.717) is 11.8 Å². The zero-order valence-corrected chi connectivity index (χ0v) is 27.8. The quantitative estimate of drug-likeness (QED) is 0.189. The van der Waals surface area contributed by atoms with E-state index in [1.807, 2.05) is 0 Å². The second-order valence-corrected chi connectivity index (χ2v) is 12.5. The molecule has 0 radical (unpaired) electrons. The van der Waals surface area contributed by atoms with Gasteiger partial charge in [0, 0.05) is 42.6 Å². The van der Waals surface area contributed by atoms with Crippen molar-refractivity contribution in [2.24, 2.45) is 0 Å². The van der Waals surface area contributed by atoms with Crippen molar-refractivity contribution in [1.82, 2.24) is 0 Å². The number of benzene rings is 2. The minimum atomic E-state index is 0.363. The summed E-state index contributed by atoms with van der Waals surface area (Å²) < 4.78 is 2.48. The maximum Gasteiger partial charge on any atom is 0.196 e. The molecule has 2 aliphatic rings. The van der Waals surface area contributed by atoms with Crippen LogP contribution in [-0.2, 0) is 6.54 Å². The molecule has 0 saturated heterocycles. The second-order valence-electron chi connectivity index (χ2n) is 12.5. The zero-order chi connectivity index (χ0) is 31.1. The summed E-state index contributed by atoms with van der Waals surface area (Å²) in [4.78, 5) is 2.45. The zero-order valence-electron chi connectivity index (χ0n) is 27.8. The highest BCUT2D eigenvalue weighted by Crippen LogP contribution is 2.37. The van der Waals surface area contributed by atoms with Gasteiger partial charge in [0.15, 0.2) is 18.4 Å². The standard InChI is InChI=1S/C42H51N2/c1-7-36(32(4)33(5)39-26-29-44-28-25-37-21-13-14-23-40(37)42(44)34(39)6)20-12-10-9-11-18-35-19-17-27-43(8-2)41-24-16-15-22-38(41)31(3)30-35/h9-11,13-19,21-25,28,30-31,34H,7-8,12,20,26-27,29H2,1-6H3/q+1/b10-9+,18-11+,19-17?,35-30-,36-32-,39-33-. The van der Waals surface area contributed by atoms with Crippen LogP contribution in [0.1, 0.15) is 90.3 Å². The first-order valence-corrected chi connectivity index (χ1v) is 16.8. The largest absolute Gasteiger partial charge is 0.368 e. The molecule has 2 nitrogen and oxygen atoms in total. The molecule has 2 unspecified atom stereocenters. The highest BCUT2D eigenvalue weighted by atomic mass is 15.1. The number of hydrogen-bond donors (Lipinski definition) is 0. The van der Waals surface area contributed by atoms with E-state index in [4.69, 9.17) is 0 Å². The van der Waals surface area contributed by atoms with Crippen molar-refractivity contribution in [3.63, 3.8) is 0 Å². The number of pyridine rings is 1. The number of aromatic nitrogens is 1. The molecule has 2 aromatic carbocycles. The molecular weight excluding hydrogens is 532 g/mol. The fourth-order valence-electron chi connectivity index (χ4n) is 7.25. The summed E-state index contributed by atoms with van der Waals surface area (Å²) in [6, 6.07) is 20.0. The predicted molar refractivity (Wildman–Crippen MR) is 190 cm³/mol. The normalized spacial score (nSPS) is 21.8. The summed E-state index contributed by atoms with van der Waals surface area (Å²) in [6.07, 6.45) is 22.7. The number of anilines is 1. The van der Waals surface area contributed by atoms with Gasteiger partial charge in [-0.2, -0.15) is 0 Å². The maximum absolute atomic E-state index is 2.48. The van der Waals surface area contributed by atoms with Crippen molar-refractivity contribution in [3.8, 4) is 0 Å². The van der Waals surface area contributed by atoms with Gasteiger partial charge in [-0.3, -0.25) is 0 Å². The van der Waals surface area contributed by atoms with Crippen molar-refractivity contribution in [1.29, 1.82) is 0 Å². The van der Waals surface area contributed by atoms with Crippen LogP contribution in [0.5, 0.6) is 0 Å². The van der Waals surface area contributed by atoms with E-state index in [2.05, 4.69) is 154 Å². The van der Waals surface area contributed by atoms with Gasteiger partial charge in [0.25, 0.3) is 0 Å². The number of allylic oxidation sites excluding steroid dienone is 11. The summed E-state index contributed by atoms with van der Waals surface area (Å²) in [5, 5.41) is 2.73. The molecule has 5 rings (SSSR count). The van der Waals surface area contributed by atoms with Crippen molar-refractivity contribution < 1.29 is 4.57 Å². The van der Waals surface area contributed by atoms with Crippen molar-refractivity contribution >= 4 is 16.5 Å². The smallest absolute Gasteiger partial charge is 0.196 e. The molecule has 0 spiro atoms. The minimum absolute atomic E-state index is 0.363. The van der Waals surface area contributed by atoms with Crippen LogP contribution < -0.4 is 9.47 Å². The Bertz CT molecular complexity index is 1660. The molecule has 3 aromatic rings. The van der Waals surface area contributed by atoms with Crippen LogP contribution in [0.25, 0.3) is 10.8 Å². The maximum atomic E-state index is 2.48. The number of rotatable bonds is 8. The Morgan fingerprint density at radius 1 is 0.977 bits per heavy atom. The predicted octanol–water partition coefficient (Wildman–Crippen LogP) is 10.7. The van der Waals surface area contributed by atoms with Gasteiger partial charge in [0.1, 0.15) is 0 Å². The molecule has 2 aliphatic heterocycles. The average Bonchev–Trinajstić information content (AvgIpc) is 3.11. The highest BCUT2D eigenvalue weighted by Gasteiger charge is 2.31. The van der Waals surface area contributed by atoms with Crippen molar-refractivity contribution in [2.75, 3.05) is 18.0 Å². The number of likely N-dealkylation sites (N-methyl/N-ethyl adjacent to an activating group) is 1. The number of hydrogen-bond acceptors (Lipinski definition) is 1. The Labute approximate surface area is 266 Å². The third-order valence-electron chi connectivity index (χ3n) is 9.91. The Kier molecular flexibility index (Phi) is 10.5. The molecule has 1 aromatic heterocycles. The van der Waals surface area contributed by atoms with Gasteiger partial charge >= 0.3 is 0 Å². The lowest BCUT2D eigenvalue weighted by Crippen LogP contribution is -2.43. The van der Waals surface area contributed by atoms with E-state index in [-0.39, 0.29) is 0 Å². The molecular formula is C42H51N2+. The molecule has 2 atom stereocenters. The van der Waals surface area contributed by atoms with E-state index >= 15 is 0 Å². The molecule has 0 aliphatic carbocycles. The fraction of sp³-hybridized carbons (Fsp3) is 0.357. The van der Waals surface area contributed by atoms with E-state index in [1.165, 1.54) is 44.4 Å².